The maximum Gasteiger partial charge on any atom is 0.146 e. The van der Waals surface area contributed by atoms with Gasteiger partial charge in [0.2, 0.25) is 0 Å². The zero-order valence-electron chi connectivity index (χ0n) is 14.7. The zero-order valence-corrected chi connectivity index (χ0v) is 14.7. The molecular formula is C20H23FN4. The van der Waals surface area contributed by atoms with Crippen LogP contribution in [0.4, 0.5) is 4.39 Å². The summed E-state index contributed by atoms with van der Waals surface area (Å²) in [5.41, 5.74) is 3.72. The van der Waals surface area contributed by atoms with E-state index >= 15 is 0 Å². The van der Waals surface area contributed by atoms with E-state index in [1.807, 2.05) is 25.2 Å². The van der Waals surface area contributed by atoms with Crippen molar-refractivity contribution in [2.24, 2.45) is 7.05 Å². The van der Waals surface area contributed by atoms with E-state index in [1.54, 1.807) is 0 Å². The van der Waals surface area contributed by atoms with Crippen molar-refractivity contribution in [3.8, 4) is 11.4 Å². The van der Waals surface area contributed by atoms with E-state index in [2.05, 4.69) is 44.6 Å². The van der Waals surface area contributed by atoms with E-state index in [-0.39, 0.29) is 5.82 Å². The Balaban J connectivity index is 1.65. The van der Waals surface area contributed by atoms with Gasteiger partial charge in [-0.15, -0.1) is 0 Å². The number of pyridine rings is 1. The summed E-state index contributed by atoms with van der Waals surface area (Å²) in [7, 11) is 4.16. The lowest BCUT2D eigenvalue weighted by atomic mass is 10.1. The Morgan fingerprint density at radius 1 is 1.04 bits per heavy atom. The minimum atomic E-state index is -0.221. The SMILES string of the molecule is CN1CCN(Cc2cc(-c3cc4ccccc4n3C)ncc2F)CC1. The first-order valence-corrected chi connectivity index (χ1v) is 8.72. The molecule has 5 heteroatoms. The molecule has 0 N–H and O–H groups in total. The number of hydrogen-bond acceptors (Lipinski definition) is 3. The standard InChI is InChI=1S/C20H23FN4/c1-23-7-9-25(10-8-23)14-16-11-18(22-13-17(16)21)20-12-15-5-3-4-6-19(15)24(20)2/h3-6,11-13H,7-10,14H2,1-2H3. The summed E-state index contributed by atoms with van der Waals surface area (Å²) in [6.45, 7) is 4.65. The van der Waals surface area contributed by atoms with Crippen LogP contribution in [0.2, 0.25) is 0 Å². The fraction of sp³-hybridized carbons (Fsp3) is 0.350. The molecule has 3 heterocycles. The van der Waals surface area contributed by atoms with Gasteiger partial charge in [0, 0.05) is 56.2 Å². The first-order valence-electron chi connectivity index (χ1n) is 8.72. The van der Waals surface area contributed by atoms with Crippen LogP contribution >= 0.6 is 0 Å². The molecule has 1 aromatic carbocycles. The molecule has 4 nitrogen and oxygen atoms in total. The van der Waals surface area contributed by atoms with Crippen LogP contribution in [0.1, 0.15) is 5.56 Å². The molecule has 25 heavy (non-hydrogen) atoms. The number of likely N-dealkylation sites (N-methyl/N-ethyl adjacent to an activating group) is 1. The number of piperazine rings is 1. The molecule has 4 rings (SSSR count). The molecule has 2 aromatic heterocycles. The second kappa shape index (κ2) is 6.58. The first-order chi connectivity index (χ1) is 12.1. The highest BCUT2D eigenvalue weighted by Crippen LogP contribution is 2.27. The molecule has 0 atom stereocenters. The molecule has 0 unspecified atom stereocenters. The van der Waals surface area contributed by atoms with Gasteiger partial charge >= 0.3 is 0 Å². The first kappa shape index (κ1) is 16.2. The van der Waals surface area contributed by atoms with Gasteiger partial charge in [-0.2, -0.15) is 0 Å². The topological polar surface area (TPSA) is 24.3 Å². The van der Waals surface area contributed by atoms with E-state index in [9.17, 15) is 4.39 Å². The lowest BCUT2D eigenvalue weighted by molar-refractivity contribution is 0.147. The number of benzene rings is 1. The molecule has 1 aliphatic rings. The van der Waals surface area contributed by atoms with Crippen molar-refractivity contribution >= 4 is 10.9 Å². The average Bonchev–Trinajstić information content (AvgIpc) is 2.96. The van der Waals surface area contributed by atoms with Crippen molar-refractivity contribution in [2.45, 2.75) is 6.54 Å². The smallest absolute Gasteiger partial charge is 0.146 e. The van der Waals surface area contributed by atoms with E-state index in [4.69, 9.17) is 0 Å². The molecule has 1 saturated heterocycles. The maximum atomic E-state index is 14.3. The minimum absolute atomic E-state index is 0.221. The number of aromatic nitrogens is 2. The van der Waals surface area contributed by atoms with Crippen molar-refractivity contribution in [3.05, 3.63) is 54.0 Å². The third-order valence-electron chi connectivity index (χ3n) is 5.14. The van der Waals surface area contributed by atoms with E-state index in [1.165, 1.54) is 11.6 Å². The number of para-hydroxylation sites is 1. The van der Waals surface area contributed by atoms with Gasteiger partial charge in [-0.3, -0.25) is 9.88 Å². The maximum absolute atomic E-state index is 14.3. The quantitative estimate of drug-likeness (QED) is 0.733. The number of fused-ring (bicyclic) bond motifs is 1. The van der Waals surface area contributed by atoms with Crippen LogP contribution < -0.4 is 0 Å². The number of nitrogens with zero attached hydrogens (tertiary/aromatic N) is 4. The van der Waals surface area contributed by atoms with Gasteiger partial charge in [-0.1, -0.05) is 18.2 Å². The largest absolute Gasteiger partial charge is 0.342 e. The van der Waals surface area contributed by atoms with E-state index in [0.29, 0.717) is 6.54 Å². The Hall–Kier alpha value is -2.24. The second-order valence-electron chi connectivity index (χ2n) is 6.89. The van der Waals surface area contributed by atoms with Crippen LogP contribution in [0.3, 0.4) is 0 Å². The fourth-order valence-corrected chi connectivity index (χ4v) is 3.52. The van der Waals surface area contributed by atoms with Crippen LogP contribution in [0.15, 0.2) is 42.6 Å². The highest BCUT2D eigenvalue weighted by atomic mass is 19.1. The van der Waals surface area contributed by atoms with Crippen molar-refractivity contribution in [1.82, 2.24) is 19.4 Å². The lowest BCUT2D eigenvalue weighted by Gasteiger charge is -2.32. The lowest BCUT2D eigenvalue weighted by Crippen LogP contribution is -2.44. The van der Waals surface area contributed by atoms with Crippen molar-refractivity contribution in [3.63, 3.8) is 0 Å². The van der Waals surface area contributed by atoms with Crippen LogP contribution in [0.25, 0.3) is 22.3 Å². The predicted octanol–water partition coefficient (Wildman–Crippen LogP) is 3.13. The van der Waals surface area contributed by atoms with Crippen LogP contribution in [-0.4, -0.2) is 52.6 Å². The Labute approximate surface area is 147 Å². The molecular weight excluding hydrogens is 315 g/mol. The van der Waals surface area contributed by atoms with E-state index < -0.39 is 0 Å². The zero-order chi connectivity index (χ0) is 17.4. The number of halogens is 1. The van der Waals surface area contributed by atoms with Crippen molar-refractivity contribution < 1.29 is 4.39 Å². The summed E-state index contributed by atoms with van der Waals surface area (Å²) in [6.07, 6.45) is 1.36. The fourth-order valence-electron chi connectivity index (χ4n) is 3.52. The third kappa shape index (κ3) is 3.17. The summed E-state index contributed by atoms with van der Waals surface area (Å²) in [5, 5.41) is 1.17. The van der Waals surface area contributed by atoms with Gasteiger partial charge < -0.3 is 9.47 Å². The normalized spacial score (nSPS) is 16.6. The predicted molar refractivity (Wildman–Crippen MR) is 98.9 cm³/mol. The minimum Gasteiger partial charge on any atom is -0.342 e. The van der Waals surface area contributed by atoms with Gasteiger partial charge in [0.05, 0.1) is 17.6 Å². The van der Waals surface area contributed by atoms with Gasteiger partial charge in [-0.25, -0.2) is 4.39 Å². The number of hydrogen-bond donors (Lipinski definition) is 0. The molecule has 0 aliphatic carbocycles. The highest BCUT2D eigenvalue weighted by molar-refractivity contribution is 5.86. The highest BCUT2D eigenvalue weighted by Gasteiger charge is 2.17. The Morgan fingerprint density at radius 2 is 1.80 bits per heavy atom. The van der Waals surface area contributed by atoms with Gasteiger partial charge in [0.15, 0.2) is 0 Å². The average molecular weight is 338 g/mol. The Bertz CT molecular complexity index is 894. The molecule has 1 fully saturated rings. The Morgan fingerprint density at radius 3 is 2.56 bits per heavy atom. The summed E-state index contributed by atoms with van der Waals surface area (Å²) in [4.78, 5) is 8.96. The summed E-state index contributed by atoms with van der Waals surface area (Å²) in [5.74, 6) is -0.221. The number of rotatable bonds is 3. The summed E-state index contributed by atoms with van der Waals surface area (Å²) < 4.78 is 16.4. The van der Waals surface area contributed by atoms with Crippen molar-refractivity contribution in [2.75, 3.05) is 33.2 Å². The molecule has 0 spiro atoms. The van der Waals surface area contributed by atoms with Crippen LogP contribution in [-0.2, 0) is 13.6 Å². The van der Waals surface area contributed by atoms with Gasteiger partial charge in [0.25, 0.3) is 0 Å². The summed E-state index contributed by atoms with van der Waals surface area (Å²) in [6, 6.07) is 12.3. The molecule has 0 radical (unpaired) electrons. The molecule has 0 amide bonds. The van der Waals surface area contributed by atoms with Crippen molar-refractivity contribution in [1.29, 1.82) is 0 Å². The molecule has 0 saturated carbocycles. The third-order valence-corrected chi connectivity index (χ3v) is 5.14. The monoisotopic (exact) mass is 338 g/mol. The second-order valence-corrected chi connectivity index (χ2v) is 6.89. The van der Waals surface area contributed by atoms with Gasteiger partial charge in [-0.05, 0) is 25.2 Å². The summed E-state index contributed by atoms with van der Waals surface area (Å²) >= 11 is 0. The molecule has 3 aromatic rings. The Kier molecular flexibility index (Phi) is 4.27. The van der Waals surface area contributed by atoms with Crippen LogP contribution in [0, 0.1) is 5.82 Å². The van der Waals surface area contributed by atoms with Crippen LogP contribution in [0.5, 0.6) is 0 Å². The molecule has 0 bridgehead atoms. The number of aryl methyl sites for hydroxylation is 1. The van der Waals surface area contributed by atoms with E-state index in [0.717, 1.165) is 48.6 Å². The molecule has 130 valence electrons. The molecule has 1 aliphatic heterocycles. The van der Waals surface area contributed by atoms with Gasteiger partial charge in [0.1, 0.15) is 5.82 Å².